The number of hydrogen-bond acceptors (Lipinski definition) is 6. The quantitative estimate of drug-likeness (QED) is 0.411. The summed E-state index contributed by atoms with van der Waals surface area (Å²) in [5.41, 5.74) is -2.48. The Morgan fingerprint density at radius 3 is 2.26 bits per heavy atom. The summed E-state index contributed by atoms with van der Waals surface area (Å²) < 4.78 is 81.6. The van der Waals surface area contributed by atoms with Gasteiger partial charge in [-0.05, 0) is 60.3 Å². The van der Waals surface area contributed by atoms with Crippen LogP contribution >= 0.6 is 11.3 Å². The van der Waals surface area contributed by atoms with E-state index in [4.69, 9.17) is 0 Å². The standard InChI is InChI=1S/C26H27F4N3O4S2/c1-18(34)33(22-11-7-20(27)8-12-22)17-23-16-31(39(36,37)24-4-3-15-38-24)13-14-32(23)21-9-5-19(6-10-21)25(2,35)26(28,29)30/h3-12,15,23,35H,13-14,16-17H2,1-2H3/t23-,25?/m1/s1. The van der Waals surface area contributed by atoms with Crippen molar-refractivity contribution in [2.45, 2.75) is 35.9 Å². The summed E-state index contributed by atoms with van der Waals surface area (Å²) in [6.45, 7) is 2.33. The average Bonchev–Trinajstić information content (AvgIpc) is 3.43. The number of thiophene rings is 1. The zero-order chi connectivity index (χ0) is 28.6. The Hall–Kier alpha value is -3.00. The number of nitrogens with zero attached hydrogens (tertiary/aromatic N) is 3. The predicted octanol–water partition coefficient (Wildman–Crippen LogP) is 4.59. The highest BCUT2D eigenvalue weighted by molar-refractivity contribution is 7.91. The van der Waals surface area contributed by atoms with Crippen molar-refractivity contribution in [3.8, 4) is 0 Å². The zero-order valence-electron chi connectivity index (χ0n) is 21.1. The Morgan fingerprint density at radius 1 is 1.08 bits per heavy atom. The molecule has 4 rings (SSSR count). The third-order valence-corrected chi connectivity index (χ3v) is 10.00. The lowest BCUT2D eigenvalue weighted by Gasteiger charge is -2.44. The molecule has 0 saturated carbocycles. The number of piperazine rings is 1. The molecule has 13 heteroatoms. The van der Waals surface area contributed by atoms with Crippen LogP contribution in [0.3, 0.4) is 0 Å². The van der Waals surface area contributed by atoms with Crippen molar-refractivity contribution < 1.29 is 35.9 Å². The van der Waals surface area contributed by atoms with E-state index in [1.807, 2.05) is 4.90 Å². The minimum atomic E-state index is -4.88. The second kappa shape index (κ2) is 10.9. The van der Waals surface area contributed by atoms with Gasteiger partial charge in [-0.3, -0.25) is 4.79 Å². The molecule has 2 atom stereocenters. The van der Waals surface area contributed by atoms with Gasteiger partial charge >= 0.3 is 6.18 Å². The number of amides is 1. The van der Waals surface area contributed by atoms with E-state index in [1.165, 1.54) is 70.7 Å². The first-order valence-electron chi connectivity index (χ1n) is 12.0. The predicted molar refractivity (Wildman–Crippen MR) is 141 cm³/mol. The van der Waals surface area contributed by atoms with Crippen LogP contribution in [-0.2, 0) is 20.4 Å². The molecule has 1 unspecified atom stereocenters. The van der Waals surface area contributed by atoms with Gasteiger partial charge in [0.25, 0.3) is 10.0 Å². The number of sulfonamides is 1. The molecule has 3 aromatic rings. The van der Waals surface area contributed by atoms with Crippen molar-refractivity contribution in [3.05, 3.63) is 77.4 Å². The SMILES string of the molecule is CC(=O)N(C[C@H]1CN(S(=O)(=O)c2cccs2)CCN1c1ccc(C(C)(O)C(F)(F)F)cc1)c1ccc(F)cc1. The number of aliphatic hydroxyl groups is 1. The van der Waals surface area contributed by atoms with Crippen molar-refractivity contribution >= 4 is 38.6 Å². The third-order valence-electron chi connectivity index (χ3n) is 6.76. The number of alkyl halides is 3. The molecule has 2 aromatic carbocycles. The minimum absolute atomic E-state index is 0.00672. The topological polar surface area (TPSA) is 81.2 Å². The molecule has 1 amide bonds. The Bertz CT molecular complexity index is 1390. The second-order valence-electron chi connectivity index (χ2n) is 9.37. The molecule has 0 radical (unpaired) electrons. The Morgan fingerprint density at radius 2 is 1.72 bits per heavy atom. The number of carbonyl (C=O) groups is 1. The molecule has 0 aliphatic carbocycles. The van der Waals surface area contributed by atoms with Crippen LogP contribution in [0.2, 0.25) is 0 Å². The number of rotatable bonds is 7. The first-order valence-corrected chi connectivity index (χ1v) is 14.3. The van der Waals surface area contributed by atoms with Gasteiger partial charge in [-0.1, -0.05) is 18.2 Å². The number of benzene rings is 2. The molecular weight excluding hydrogens is 558 g/mol. The van der Waals surface area contributed by atoms with E-state index in [2.05, 4.69) is 0 Å². The molecule has 2 heterocycles. The van der Waals surface area contributed by atoms with Gasteiger partial charge in [-0.25, -0.2) is 12.8 Å². The van der Waals surface area contributed by atoms with Crippen LogP contribution < -0.4 is 9.80 Å². The van der Waals surface area contributed by atoms with Gasteiger partial charge in [-0.2, -0.15) is 17.5 Å². The van der Waals surface area contributed by atoms with Gasteiger partial charge in [0.05, 0.1) is 6.04 Å². The van der Waals surface area contributed by atoms with Gasteiger partial charge in [0.2, 0.25) is 5.91 Å². The Balaban J connectivity index is 1.68. The van der Waals surface area contributed by atoms with Crippen molar-refractivity contribution in [1.29, 1.82) is 0 Å². The molecule has 1 aliphatic rings. The fraction of sp³-hybridized carbons (Fsp3) is 0.346. The van der Waals surface area contributed by atoms with Crippen molar-refractivity contribution in [2.24, 2.45) is 0 Å². The van der Waals surface area contributed by atoms with Crippen molar-refractivity contribution in [2.75, 3.05) is 36.0 Å². The van der Waals surface area contributed by atoms with Crippen LogP contribution in [0.15, 0.2) is 70.3 Å². The summed E-state index contributed by atoms with van der Waals surface area (Å²) in [6, 6.07) is 13.1. The molecule has 7 nitrogen and oxygen atoms in total. The fourth-order valence-corrected chi connectivity index (χ4v) is 7.08. The Labute approximate surface area is 227 Å². The van der Waals surface area contributed by atoms with E-state index in [0.29, 0.717) is 18.3 Å². The maximum Gasteiger partial charge on any atom is 0.421 e. The van der Waals surface area contributed by atoms with E-state index in [9.17, 15) is 35.9 Å². The summed E-state index contributed by atoms with van der Waals surface area (Å²) in [6.07, 6.45) is -4.88. The van der Waals surface area contributed by atoms with Gasteiger partial charge in [-0.15, -0.1) is 11.3 Å². The highest BCUT2D eigenvalue weighted by atomic mass is 32.2. The molecule has 0 spiro atoms. The lowest BCUT2D eigenvalue weighted by Crippen LogP contribution is -2.58. The second-order valence-corrected chi connectivity index (χ2v) is 12.5. The van der Waals surface area contributed by atoms with E-state index < -0.39 is 33.7 Å². The first kappa shape index (κ1) is 29.0. The van der Waals surface area contributed by atoms with Gasteiger partial charge in [0, 0.05) is 44.5 Å². The highest BCUT2D eigenvalue weighted by Gasteiger charge is 2.51. The maximum atomic E-state index is 13.5. The molecule has 210 valence electrons. The average molecular weight is 586 g/mol. The summed E-state index contributed by atoms with van der Waals surface area (Å²) in [4.78, 5) is 15.8. The zero-order valence-corrected chi connectivity index (χ0v) is 22.7. The van der Waals surface area contributed by atoms with Crippen molar-refractivity contribution in [1.82, 2.24) is 4.31 Å². The van der Waals surface area contributed by atoms with Crippen LogP contribution in [0.4, 0.5) is 28.9 Å². The van der Waals surface area contributed by atoms with Crippen molar-refractivity contribution in [3.63, 3.8) is 0 Å². The van der Waals surface area contributed by atoms with E-state index in [0.717, 1.165) is 11.3 Å². The number of carbonyl (C=O) groups excluding carboxylic acids is 1. The van der Waals surface area contributed by atoms with Crippen LogP contribution in [0.1, 0.15) is 19.4 Å². The summed E-state index contributed by atoms with van der Waals surface area (Å²) in [5.74, 6) is -0.832. The van der Waals surface area contributed by atoms with Crippen LogP contribution in [0.25, 0.3) is 0 Å². The normalized spacial score (nSPS) is 18.5. The first-order chi connectivity index (χ1) is 18.2. The van der Waals surface area contributed by atoms with E-state index >= 15 is 0 Å². The van der Waals surface area contributed by atoms with Crippen LogP contribution in [-0.4, -0.2) is 62.1 Å². The molecule has 39 heavy (non-hydrogen) atoms. The molecule has 1 saturated heterocycles. The van der Waals surface area contributed by atoms with E-state index in [1.54, 1.807) is 11.4 Å². The lowest BCUT2D eigenvalue weighted by atomic mass is 9.95. The van der Waals surface area contributed by atoms with Gasteiger partial charge in [0.15, 0.2) is 5.60 Å². The maximum absolute atomic E-state index is 13.5. The molecule has 1 aromatic heterocycles. The number of anilines is 2. The third kappa shape index (κ3) is 5.96. The molecule has 1 N–H and O–H groups in total. The van der Waals surface area contributed by atoms with E-state index in [-0.39, 0.29) is 41.9 Å². The van der Waals surface area contributed by atoms with Crippen LogP contribution in [0.5, 0.6) is 0 Å². The summed E-state index contributed by atoms with van der Waals surface area (Å²) in [5, 5.41) is 11.7. The molecule has 0 bridgehead atoms. The summed E-state index contributed by atoms with van der Waals surface area (Å²) in [7, 11) is -3.81. The highest BCUT2D eigenvalue weighted by Crippen LogP contribution is 2.39. The van der Waals surface area contributed by atoms with Gasteiger partial charge < -0.3 is 14.9 Å². The van der Waals surface area contributed by atoms with Gasteiger partial charge in [0.1, 0.15) is 10.0 Å². The lowest BCUT2D eigenvalue weighted by molar-refractivity contribution is -0.258. The Kier molecular flexibility index (Phi) is 8.08. The number of halogens is 4. The molecule has 1 fully saturated rings. The monoisotopic (exact) mass is 585 g/mol. The minimum Gasteiger partial charge on any atom is -0.376 e. The number of hydrogen-bond donors (Lipinski definition) is 1. The summed E-state index contributed by atoms with van der Waals surface area (Å²) >= 11 is 1.09. The van der Waals surface area contributed by atoms with Crippen LogP contribution in [0, 0.1) is 5.82 Å². The molecular formula is C26H27F4N3O4S2. The smallest absolute Gasteiger partial charge is 0.376 e. The largest absolute Gasteiger partial charge is 0.421 e. The fourth-order valence-electron chi connectivity index (χ4n) is 4.47. The molecule has 1 aliphatic heterocycles.